The van der Waals surface area contributed by atoms with Crippen molar-refractivity contribution in [2.24, 2.45) is 0 Å². The van der Waals surface area contributed by atoms with Crippen LogP contribution in [0, 0.1) is 0 Å². The highest BCUT2D eigenvalue weighted by atomic mass is 35.5. The molecule has 1 amide bonds. The lowest BCUT2D eigenvalue weighted by atomic mass is 10.1. The summed E-state index contributed by atoms with van der Waals surface area (Å²) in [6, 6.07) is 20.0. The van der Waals surface area contributed by atoms with Gasteiger partial charge in [0.05, 0.1) is 28.5 Å². The molecule has 1 atom stereocenters. The number of carbonyl (C=O) groups is 1. The van der Waals surface area contributed by atoms with E-state index in [9.17, 15) is 4.79 Å². The van der Waals surface area contributed by atoms with Crippen LogP contribution in [0.2, 0.25) is 15.1 Å². The third kappa shape index (κ3) is 5.90. The SMILES string of the molecule is COc1ccc(-c2nn(-c3ccccc3)cc2CNC(=O)C(C)Oc2ccc(Cl)cc2Cl)cc1Cl. The van der Waals surface area contributed by atoms with Gasteiger partial charge in [-0.05, 0) is 55.5 Å². The Hall–Kier alpha value is -3.19. The number of hydrogen-bond acceptors (Lipinski definition) is 4. The molecule has 6 nitrogen and oxygen atoms in total. The van der Waals surface area contributed by atoms with Gasteiger partial charge in [-0.25, -0.2) is 4.68 Å². The van der Waals surface area contributed by atoms with E-state index < -0.39 is 6.10 Å². The molecule has 1 aromatic heterocycles. The summed E-state index contributed by atoms with van der Waals surface area (Å²) < 4.78 is 12.8. The Labute approximate surface area is 218 Å². The molecule has 1 unspecified atom stereocenters. The van der Waals surface area contributed by atoms with Gasteiger partial charge in [0.15, 0.2) is 6.10 Å². The van der Waals surface area contributed by atoms with Crippen LogP contribution in [0.1, 0.15) is 12.5 Å². The zero-order valence-electron chi connectivity index (χ0n) is 19.0. The molecule has 9 heteroatoms. The van der Waals surface area contributed by atoms with Crippen LogP contribution in [0.3, 0.4) is 0 Å². The molecular weight excluding hydrogens is 509 g/mol. The number of aromatic nitrogens is 2. The van der Waals surface area contributed by atoms with Crippen LogP contribution in [-0.4, -0.2) is 28.9 Å². The van der Waals surface area contributed by atoms with Crippen molar-refractivity contribution in [3.63, 3.8) is 0 Å². The number of halogens is 3. The standard InChI is InChI=1S/C26H22Cl3N3O3/c1-16(35-24-11-9-19(27)13-22(24)29)26(33)30-14-18-15-32(20-6-4-3-5-7-20)31-25(18)17-8-10-23(34-2)21(28)12-17/h3-13,15-16H,14H2,1-2H3,(H,30,33). The normalized spacial score (nSPS) is 11.7. The van der Waals surface area contributed by atoms with Crippen LogP contribution in [0.25, 0.3) is 16.9 Å². The third-order valence-electron chi connectivity index (χ3n) is 5.26. The van der Waals surface area contributed by atoms with Crippen molar-refractivity contribution in [1.82, 2.24) is 15.1 Å². The summed E-state index contributed by atoms with van der Waals surface area (Å²) in [6.07, 6.45) is 1.10. The van der Waals surface area contributed by atoms with Crippen molar-refractivity contribution in [1.29, 1.82) is 0 Å². The second-order valence-corrected chi connectivity index (χ2v) is 8.94. The van der Waals surface area contributed by atoms with Crippen molar-refractivity contribution in [2.75, 3.05) is 7.11 Å². The number of nitrogens with zero attached hydrogens (tertiary/aromatic N) is 2. The minimum atomic E-state index is -0.781. The van der Waals surface area contributed by atoms with Crippen LogP contribution >= 0.6 is 34.8 Å². The highest BCUT2D eigenvalue weighted by molar-refractivity contribution is 6.35. The van der Waals surface area contributed by atoms with E-state index in [1.807, 2.05) is 42.6 Å². The second kappa shape index (κ2) is 11.0. The molecule has 0 aliphatic carbocycles. The number of amides is 1. The number of para-hydroxylation sites is 1. The van der Waals surface area contributed by atoms with Gasteiger partial charge in [0.2, 0.25) is 0 Å². The van der Waals surface area contributed by atoms with Crippen molar-refractivity contribution in [3.05, 3.63) is 93.6 Å². The molecule has 1 N–H and O–H groups in total. The maximum Gasteiger partial charge on any atom is 0.261 e. The average Bonchev–Trinajstić information content (AvgIpc) is 3.29. The molecule has 0 fully saturated rings. The number of carbonyl (C=O) groups excluding carboxylic acids is 1. The fraction of sp³-hybridized carbons (Fsp3) is 0.154. The zero-order chi connectivity index (χ0) is 24.9. The Morgan fingerprint density at radius 2 is 1.71 bits per heavy atom. The summed E-state index contributed by atoms with van der Waals surface area (Å²) in [6.45, 7) is 1.88. The molecule has 0 radical (unpaired) electrons. The number of methoxy groups -OCH3 is 1. The maximum atomic E-state index is 12.8. The first-order chi connectivity index (χ1) is 16.9. The molecule has 3 aromatic carbocycles. The Balaban J connectivity index is 1.56. The van der Waals surface area contributed by atoms with E-state index in [0.717, 1.165) is 16.8 Å². The summed E-state index contributed by atoms with van der Waals surface area (Å²) in [5, 5.41) is 8.97. The first-order valence-electron chi connectivity index (χ1n) is 10.7. The van der Waals surface area contributed by atoms with Gasteiger partial charge in [-0.15, -0.1) is 0 Å². The van der Waals surface area contributed by atoms with E-state index in [0.29, 0.717) is 32.3 Å². The van der Waals surface area contributed by atoms with E-state index in [-0.39, 0.29) is 12.5 Å². The number of rotatable bonds is 8. The van der Waals surface area contributed by atoms with Crippen LogP contribution in [0.15, 0.2) is 72.9 Å². The largest absolute Gasteiger partial charge is 0.495 e. The van der Waals surface area contributed by atoms with Gasteiger partial charge >= 0.3 is 0 Å². The lowest BCUT2D eigenvalue weighted by Crippen LogP contribution is -2.36. The smallest absolute Gasteiger partial charge is 0.261 e. The summed E-state index contributed by atoms with van der Waals surface area (Å²) >= 11 is 18.5. The summed E-state index contributed by atoms with van der Waals surface area (Å²) in [4.78, 5) is 12.8. The highest BCUT2D eigenvalue weighted by Gasteiger charge is 2.19. The number of benzene rings is 3. The predicted octanol–water partition coefficient (Wildman–Crippen LogP) is 6.59. The predicted molar refractivity (Wildman–Crippen MR) is 139 cm³/mol. The quantitative estimate of drug-likeness (QED) is 0.279. The van der Waals surface area contributed by atoms with Crippen LogP contribution < -0.4 is 14.8 Å². The van der Waals surface area contributed by atoms with E-state index in [1.54, 1.807) is 49.0 Å². The van der Waals surface area contributed by atoms with Crippen molar-refractivity contribution in [2.45, 2.75) is 19.6 Å². The second-order valence-electron chi connectivity index (χ2n) is 7.69. The fourth-order valence-corrected chi connectivity index (χ4v) is 4.16. The lowest BCUT2D eigenvalue weighted by molar-refractivity contribution is -0.127. The third-order valence-corrected chi connectivity index (χ3v) is 6.08. The highest BCUT2D eigenvalue weighted by Crippen LogP contribution is 2.32. The van der Waals surface area contributed by atoms with E-state index in [4.69, 9.17) is 49.4 Å². The Morgan fingerprint density at radius 1 is 1.00 bits per heavy atom. The minimum absolute atomic E-state index is 0.229. The Kier molecular flexibility index (Phi) is 7.86. The zero-order valence-corrected chi connectivity index (χ0v) is 21.2. The number of ether oxygens (including phenoxy) is 2. The average molecular weight is 531 g/mol. The Bertz CT molecular complexity index is 1340. The van der Waals surface area contributed by atoms with E-state index >= 15 is 0 Å². The van der Waals surface area contributed by atoms with Gasteiger partial charge in [0.1, 0.15) is 11.5 Å². The maximum absolute atomic E-state index is 12.8. The topological polar surface area (TPSA) is 65.4 Å². The number of hydrogen-bond donors (Lipinski definition) is 1. The van der Waals surface area contributed by atoms with Gasteiger partial charge < -0.3 is 14.8 Å². The minimum Gasteiger partial charge on any atom is -0.495 e. The monoisotopic (exact) mass is 529 g/mol. The summed E-state index contributed by atoms with van der Waals surface area (Å²) in [7, 11) is 1.56. The summed E-state index contributed by atoms with van der Waals surface area (Å²) in [5.41, 5.74) is 3.18. The molecule has 4 aromatic rings. The van der Waals surface area contributed by atoms with Gasteiger partial charge in [-0.1, -0.05) is 53.0 Å². The molecule has 180 valence electrons. The van der Waals surface area contributed by atoms with E-state index in [2.05, 4.69) is 5.32 Å². The molecule has 4 rings (SSSR count). The van der Waals surface area contributed by atoms with E-state index in [1.165, 1.54) is 0 Å². The van der Waals surface area contributed by atoms with Gasteiger partial charge in [0, 0.05) is 28.9 Å². The molecule has 0 saturated heterocycles. The lowest BCUT2D eigenvalue weighted by Gasteiger charge is -2.16. The molecule has 0 saturated carbocycles. The van der Waals surface area contributed by atoms with Crippen LogP contribution in [0.4, 0.5) is 0 Å². The molecule has 35 heavy (non-hydrogen) atoms. The summed E-state index contributed by atoms with van der Waals surface area (Å²) in [5.74, 6) is 0.644. The van der Waals surface area contributed by atoms with Crippen molar-refractivity contribution in [3.8, 4) is 28.4 Å². The molecule has 0 aliphatic heterocycles. The molecule has 0 aliphatic rings. The first kappa shape index (κ1) is 24.9. The first-order valence-corrected chi connectivity index (χ1v) is 11.9. The Morgan fingerprint density at radius 3 is 2.40 bits per heavy atom. The molecule has 0 bridgehead atoms. The van der Waals surface area contributed by atoms with Crippen molar-refractivity contribution < 1.29 is 14.3 Å². The van der Waals surface area contributed by atoms with Crippen molar-refractivity contribution >= 4 is 40.7 Å². The number of nitrogens with one attached hydrogen (secondary N) is 1. The van der Waals surface area contributed by atoms with Gasteiger partial charge in [-0.2, -0.15) is 5.10 Å². The van der Waals surface area contributed by atoms with Crippen LogP contribution in [0.5, 0.6) is 11.5 Å². The van der Waals surface area contributed by atoms with Crippen LogP contribution in [-0.2, 0) is 11.3 Å². The molecule has 0 spiro atoms. The van der Waals surface area contributed by atoms with Gasteiger partial charge in [0.25, 0.3) is 5.91 Å². The van der Waals surface area contributed by atoms with Gasteiger partial charge in [-0.3, -0.25) is 4.79 Å². The molecule has 1 heterocycles. The molecular formula is C26H22Cl3N3O3. The fourth-order valence-electron chi connectivity index (χ4n) is 3.45.